The Morgan fingerprint density at radius 1 is 1.25 bits per heavy atom. The van der Waals surface area contributed by atoms with Crippen LogP contribution in [-0.2, 0) is 19.6 Å². The molecule has 0 aromatic heterocycles. The first-order valence-electron chi connectivity index (χ1n) is 7.32. The lowest BCUT2D eigenvalue weighted by molar-refractivity contribution is -0.115. The number of rotatable bonds is 4. The Kier molecular flexibility index (Phi) is 6.44. The molecule has 2 rings (SSSR count). The van der Waals surface area contributed by atoms with Crippen molar-refractivity contribution in [2.75, 3.05) is 33.4 Å². The Hall–Kier alpha value is -1.81. The molecule has 0 atom stereocenters. The smallest absolute Gasteiger partial charge is 0.250 e. The van der Waals surface area contributed by atoms with Crippen LogP contribution in [0.2, 0.25) is 0 Å². The Balaban J connectivity index is 2.04. The minimum absolute atomic E-state index is 0.224. The number of carbonyl (C=O) groups excluding carboxylic acids is 1. The van der Waals surface area contributed by atoms with Gasteiger partial charge in [-0.2, -0.15) is 4.31 Å². The number of morpholine rings is 1. The highest BCUT2D eigenvalue weighted by Gasteiger charge is 2.25. The lowest BCUT2D eigenvalue weighted by atomic mass is 10.2. The number of hydrogen-bond donors (Lipinski definition) is 2. The maximum Gasteiger partial charge on any atom is 0.250 e. The van der Waals surface area contributed by atoms with E-state index in [0.29, 0.717) is 31.9 Å². The van der Waals surface area contributed by atoms with Gasteiger partial charge in [-0.05, 0) is 36.0 Å². The summed E-state index contributed by atoms with van der Waals surface area (Å²) in [5, 5.41) is 5.33. The number of thiocarbonyl (C=S) groups is 1. The van der Waals surface area contributed by atoms with E-state index in [1.54, 1.807) is 25.3 Å². The fourth-order valence-electron chi connectivity index (χ4n) is 2.07. The lowest BCUT2D eigenvalue weighted by Crippen LogP contribution is -2.40. The molecule has 1 aliphatic rings. The normalized spacial score (nSPS) is 16.0. The molecular weight excluding hydrogens is 350 g/mol. The molecule has 0 radical (unpaired) electrons. The highest BCUT2D eigenvalue weighted by molar-refractivity contribution is 7.89. The monoisotopic (exact) mass is 369 g/mol. The summed E-state index contributed by atoms with van der Waals surface area (Å²) in [4.78, 5) is 11.8. The number of sulfonamides is 1. The average molecular weight is 369 g/mol. The molecule has 1 amide bonds. The first kappa shape index (κ1) is 18.5. The molecule has 1 saturated heterocycles. The highest BCUT2D eigenvalue weighted by atomic mass is 32.2. The van der Waals surface area contributed by atoms with Crippen LogP contribution in [0.1, 0.15) is 5.56 Å². The van der Waals surface area contributed by atoms with E-state index in [4.69, 9.17) is 17.0 Å². The minimum atomic E-state index is -3.50. The van der Waals surface area contributed by atoms with E-state index in [9.17, 15) is 13.2 Å². The van der Waals surface area contributed by atoms with E-state index in [1.807, 2.05) is 0 Å². The van der Waals surface area contributed by atoms with Crippen LogP contribution in [0.4, 0.5) is 0 Å². The predicted octanol–water partition coefficient (Wildman–Crippen LogP) is 0.341. The van der Waals surface area contributed by atoms with Crippen LogP contribution in [0.15, 0.2) is 35.2 Å². The van der Waals surface area contributed by atoms with Crippen molar-refractivity contribution in [1.29, 1.82) is 0 Å². The first-order chi connectivity index (χ1) is 11.4. The van der Waals surface area contributed by atoms with Crippen LogP contribution < -0.4 is 10.6 Å². The van der Waals surface area contributed by atoms with Gasteiger partial charge in [0.25, 0.3) is 0 Å². The second kappa shape index (κ2) is 8.34. The summed E-state index contributed by atoms with van der Waals surface area (Å²) in [6.07, 6.45) is 2.91. The van der Waals surface area contributed by atoms with Gasteiger partial charge in [-0.3, -0.25) is 10.1 Å². The average Bonchev–Trinajstić information content (AvgIpc) is 2.61. The second-order valence-corrected chi connectivity index (χ2v) is 7.33. The van der Waals surface area contributed by atoms with E-state index in [-0.39, 0.29) is 15.9 Å². The van der Waals surface area contributed by atoms with Gasteiger partial charge < -0.3 is 10.1 Å². The zero-order chi connectivity index (χ0) is 17.6. The molecule has 0 bridgehead atoms. The van der Waals surface area contributed by atoms with E-state index in [1.165, 1.54) is 22.5 Å². The van der Waals surface area contributed by atoms with Gasteiger partial charge in [0, 0.05) is 26.2 Å². The lowest BCUT2D eigenvalue weighted by Gasteiger charge is -2.26. The zero-order valence-corrected chi connectivity index (χ0v) is 14.8. The number of hydrogen-bond acceptors (Lipinski definition) is 5. The maximum atomic E-state index is 12.5. The third kappa shape index (κ3) is 4.84. The van der Waals surface area contributed by atoms with Crippen LogP contribution in [-0.4, -0.2) is 57.1 Å². The predicted molar refractivity (Wildman–Crippen MR) is 94.9 cm³/mol. The van der Waals surface area contributed by atoms with Crippen molar-refractivity contribution in [3.63, 3.8) is 0 Å². The Morgan fingerprint density at radius 3 is 2.46 bits per heavy atom. The van der Waals surface area contributed by atoms with Gasteiger partial charge in [-0.25, -0.2) is 8.42 Å². The molecule has 24 heavy (non-hydrogen) atoms. The summed E-state index contributed by atoms with van der Waals surface area (Å²) in [7, 11) is -1.89. The van der Waals surface area contributed by atoms with Gasteiger partial charge in [-0.1, -0.05) is 12.1 Å². The van der Waals surface area contributed by atoms with Gasteiger partial charge in [-0.15, -0.1) is 0 Å². The molecular formula is C15H19N3O4S2. The number of ether oxygens (including phenoxy) is 1. The molecule has 9 heteroatoms. The molecule has 7 nitrogen and oxygen atoms in total. The topological polar surface area (TPSA) is 87.7 Å². The van der Waals surface area contributed by atoms with Gasteiger partial charge in [0.15, 0.2) is 5.11 Å². The van der Waals surface area contributed by atoms with E-state index < -0.39 is 10.0 Å². The maximum absolute atomic E-state index is 12.5. The van der Waals surface area contributed by atoms with Gasteiger partial charge >= 0.3 is 0 Å². The molecule has 1 fully saturated rings. The van der Waals surface area contributed by atoms with Crippen molar-refractivity contribution in [3.05, 3.63) is 35.9 Å². The summed E-state index contributed by atoms with van der Waals surface area (Å²) < 4.78 is 31.6. The van der Waals surface area contributed by atoms with Crippen LogP contribution in [0.5, 0.6) is 0 Å². The van der Waals surface area contributed by atoms with Crippen LogP contribution in [0, 0.1) is 0 Å². The molecule has 1 heterocycles. The molecule has 0 spiro atoms. The SMILES string of the molecule is CNC(=S)NC(=O)/C=C/c1ccc(S(=O)(=O)N2CCOCC2)cc1. The first-order valence-corrected chi connectivity index (χ1v) is 9.17. The van der Waals surface area contributed by atoms with Gasteiger partial charge in [0.05, 0.1) is 18.1 Å². The van der Waals surface area contributed by atoms with Crippen LogP contribution >= 0.6 is 12.2 Å². The second-order valence-electron chi connectivity index (χ2n) is 4.99. The molecule has 0 unspecified atom stereocenters. The summed E-state index contributed by atoms with van der Waals surface area (Å²) >= 11 is 4.83. The van der Waals surface area contributed by atoms with Crippen molar-refractivity contribution in [3.8, 4) is 0 Å². The van der Waals surface area contributed by atoms with E-state index >= 15 is 0 Å². The fourth-order valence-corrected chi connectivity index (χ4v) is 3.58. The molecule has 1 aliphatic heterocycles. The van der Waals surface area contributed by atoms with Crippen molar-refractivity contribution < 1.29 is 17.9 Å². The third-order valence-corrected chi connectivity index (χ3v) is 5.60. The van der Waals surface area contributed by atoms with E-state index in [0.717, 1.165) is 0 Å². The standard InChI is InChI=1S/C15H19N3O4S2/c1-16-15(23)17-14(19)7-4-12-2-5-13(6-3-12)24(20,21)18-8-10-22-11-9-18/h2-7H,8-11H2,1H3,(H2,16,17,19,23)/b7-4+. The molecule has 1 aromatic rings. The van der Waals surface area contributed by atoms with Gasteiger partial charge in [0.2, 0.25) is 15.9 Å². The third-order valence-electron chi connectivity index (χ3n) is 3.38. The minimum Gasteiger partial charge on any atom is -0.379 e. The molecule has 0 aliphatic carbocycles. The Bertz CT molecular complexity index is 724. The van der Waals surface area contributed by atoms with Crippen molar-refractivity contribution in [1.82, 2.24) is 14.9 Å². The number of benzene rings is 1. The molecule has 2 N–H and O–H groups in total. The highest BCUT2D eigenvalue weighted by Crippen LogP contribution is 2.18. The van der Waals surface area contributed by atoms with Crippen LogP contribution in [0.25, 0.3) is 6.08 Å². The quantitative estimate of drug-likeness (QED) is 0.588. The number of carbonyl (C=O) groups is 1. The fraction of sp³-hybridized carbons (Fsp3) is 0.333. The summed E-state index contributed by atoms with van der Waals surface area (Å²) in [6.45, 7) is 1.53. The van der Waals surface area contributed by atoms with Crippen molar-refractivity contribution in [2.45, 2.75) is 4.90 Å². The number of nitrogens with one attached hydrogen (secondary N) is 2. The zero-order valence-electron chi connectivity index (χ0n) is 13.2. The summed E-state index contributed by atoms with van der Waals surface area (Å²) in [6, 6.07) is 6.35. The van der Waals surface area contributed by atoms with Gasteiger partial charge in [0.1, 0.15) is 0 Å². The Morgan fingerprint density at radius 2 is 1.88 bits per heavy atom. The van der Waals surface area contributed by atoms with Crippen molar-refractivity contribution in [2.24, 2.45) is 0 Å². The van der Waals surface area contributed by atoms with Crippen molar-refractivity contribution >= 4 is 39.3 Å². The summed E-state index contributed by atoms with van der Waals surface area (Å²) in [5.41, 5.74) is 0.710. The largest absolute Gasteiger partial charge is 0.379 e. The molecule has 1 aromatic carbocycles. The summed E-state index contributed by atoms with van der Waals surface area (Å²) in [5.74, 6) is -0.362. The molecule has 130 valence electrons. The number of nitrogens with zero attached hydrogens (tertiary/aromatic N) is 1. The molecule has 0 saturated carbocycles. The number of amides is 1. The van der Waals surface area contributed by atoms with E-state index in [2.05, 4.69) is 10.6 Å². The Labute approximate surface area is 146 Å². The van der Waals surface area contributed by atoms with Crippen LogP contribution in [0.3, 0.4) is 0 Å².